The van der Waals surface area contributed by atoms with Gasteiger partial charge in [-0.1, -0.05) is 16.8 Å². The molecule has 0 fully saturated rings. The lowest BCUT2D eigenvalue weighted by Crippen LogP contribution is -2.30. The van der Waals surface area contributed by atoms with Crippen LogP contribution >= 0.6 is 11.6 Å². The predicted octanol–water partition coefficient (Wildman–Crippen LogP) is 3.90. The quantitative estimate of drug-likeness (QED) is 0.134. The Morgan fingerprint density at radius 2 is 1.77 bits per heavy atom. The molecule has 2 aromatic heterocycles. The highest BCUT2D eigenvalue weighted by atomic mass is 35.5. The second-order valence-corrected chi connectivity index (χ2v) is 8.62. The molecule has 0 saturated carbocycles. The van der Waals surface area contributed by atoms with Gasteiger partial charge in [0.05, 0.1) is 35.4 Å². The number of carbonyl (C=O) groups is 3. The fourth-order valence-corrected chi connectivity index (χ4v) is 3.66. The second-order valence-electron chi connectivity index (χ2n) is 8.19. The average molecular weight is 564 g/mol. The number of halogens is 1. The maximum absolute atomic E-state index is 13.3. The fraction of sp³-hybridized carbons (Fsp3) is 0.154. The molecule has 5 N–H and O–H groups in total. The van der Waals surface area contributed by atoms with Gasteiger partial charge >= 0.3 is 12.0 Å². The van der Waals surface area contributed by atoms with Gasteiger partial charge < -0.3 is 15.4 Å². The Kier molecular flexibility index (Phi) is 8.89. The van der Waals surface area contributed by atoms with Crippen molar-refractivity contribution in [3.8, 4) is 5.69 Å². The number of urea groups is 1. The first kappa shape index (κ1) is 28.0. The molecule has 0 unspecified atom stereocenters. The average Bonchev–Trinajstić information content (AvgIpc) is 3.44. The zero-order valence-corrected chi connectivity index (χ0v) is 22.3. The van der Waals surface area contributed by atoms with Gasteiger partial charge in [0.1, 0.15) is 5.82 Å². The molecule has 2 heterocycles. The molecule has 40 heavy (non-hydrogen) atoms. The number of esters is 1. The van der Waals surface area contributed by atoms with Crippen LogP contribution < -0.4 is 26.8 Å². The number of anilines is 4. The molecule has 4 aromatic rings. The number of nitrogens with two attached hydrogens (primary N) is 1. The molecule has 0 bridgehead atoms. The van der Waals surface area contributed by atoms with E-state index in [9.17, 15) is 14.4 Å². The molecule has 3 amide bonds. The van der Waals surface area contributed by atoms with E-state index in [1.807, 2.05) is 0 Å². The zero-order chi connectivity index (χ0) is 28.6. The first-order valence-electron chi connectivity index (χ1n) is 12.2. The Balaban J connectivity index is 1.57. The molecule has 0 aliphatic carbocycles. The highest BCUT2D eigenvalue weighted by Crippen LogP contribution is 2.29. The SMILES string of the molecule is CCNC(=O)Nc1cc(N(N)c2ccc(Cl)cc2)c(C(=O)Nc2ccc(-n3cc(C(=O)OCC)nn3)cc2)cn1. The predicted molar refractivity (Wildman–Crippen MR) is 150 cm³/mol. The molecular weight excluding hydrogens is 538 g/mol. The van der Waals surface area contributed by atoms with Crippen LogP contribution in [-0.2, 0) is 4.74 Å². The standard InChI is InChI=1S/C26H26ClN9O4/c1-3-29-26(39)32-23-13-22(36(28)19-9-5-16(27)6-10-19)20(14-30-23)24(37)31-17-7-11-18(12-8-17)35-15-21(33-34-35)25(38)40-4-2/h5-15H,3-4,28H2,1-2H3,(H,31,37)(H2,29,30,32,39). The molecule has 206 valence electrons. The molecule has 0 atom stereocenters. The van der Waals surface area contributed by atoms with E-state index >= 15 is 0 Å². The van der Waals surface area contributed by atoms with E-state index in [1.54, 1.807) is 62.4 Å². The third-order valence-electron chi connectivity index (χ3n) is 5.44. The lowest BCUT2D eigenvalue weighted by atomic mass is 10.1. The van der Waals surface area contributed by atoms with Crippen LogP contribution in [-0.4, -0.2) is 51.0 Å². The summed E-state index contributed by atoms with van der Waals surface area (Å²) in [4.78, 5) is 41.4. The van der Waals surface area contributed by atoms with Crippen LogP contribution in [0.25, 0.3) is 5.69 Å². The maximum atomic E-state index is 13.3. The summed E-state index contributed by atoms with van der Waals surface area (Å²) < 4.78 is 6.34. The Morgan fingerprint density at radius 3 is 2.45 bits per heavy atom. The Hall–Kier alpha value is -5.01. The number of ether oxygens (including phenoxy) is 1. The molecule has 14 heteroatoms. The molecule has 0 radical (unpaired) electrons. The minimum absolute atomic E-state index is 0.0800. The monoisotopic (exact) mass is 563 g/mol. The van der Waals surface area contributed by atoms with Crippen LogP contribution in [0.15, 0.2) is 67.0 Å². The molecule has 4 rings (SSSR count). The third-order valence-corrected chi connectivity index (χ3v) is 5.69. The molecule has 0 aliphatic rings. The molecule has 13 nitrogen and oxygen atoms in total. The summed E-state index contributed by atoms with van der Waals surface area (Å²) in [7, 11) is 0. The lowest BCUT2D eigenvalue weighted by molar-refractivity contribution is 0.0519. The van der Waals surface area contributed by atoms with Crippen LogP contribution in [0, 0.1) is 0 Å². The summed E-state index contributed by atoms with van der Waals surface area (Å²) in [6, 6.07) is 14.5. The van der Waals surface area contributed by atoms with Crippen molar-refractivity contribution in [2.24, 2.45) is 5.84 Å². The van der Waals surface area contributed by atoms with E-state index < -0.39 is 17.9 Å². The van der Waals surface area contributed by atoms with Crippen LogP contribution in [0.3, 0.4) is 0 Å². The number of amides is 3. The lowest BCUT2D eigenvalue weighted by Gasteiger charge is -2.22. The van der Waals surface area contributed by atoms with Crippen molar-refractivity contribution >= 4 is 52.4 Å². The van der Waals surface area contributed by atoms with Crippen molar-refractivity contribution in [1.29, 1.82) is 0 Å². The van der Waals surface area contributed by atoms with Gasteiger partial charge in [0, 0.05) is 29.5 Å². The van der Waals surface area contributed by atoms with Gasteiger partial charge in [0.2, 0.25) is 0 Å². The van der Waals surface area contributed by atoms with Crippen LogP contribution in [0.2, 0.25) is 5.02 Å². The van der Waals surface area contributed by atoms with Gasteiger partial charge in [-0.15, -0.1) is 5.10 Å². The highest BCUT2D eigenvalue weighted by molar-refractivity contribution is 6.30. The van der Waals surface area contributed by atoms with Crippen LogP contribution in [0.4, 0.5) is 27.7 Å². The molecule has 2 aromatic carbocycles. The van der Waals surface area contributed by atoms with Crippen LogP contribution in [0.5, 0.6) is 0 Å². The van der Waals surface area contributed by atoms with Gasteiger partial charge in [-0.3, -0.25) is 15.1 Å². The van der Waals surface area contributed by atoms with Crippen molar-refractivity contribution in [2.75, 3.05) is 28.8 Å². The van der Waals surface area contributed by atoms with E-state index in [-0.39, 0.29) is 29.4 Å². The van der Waals surface area contributed by atoms with E-state index in [0.29, 0.717) is 28.6 Å². The van der Waals surface area contributed by atoms with Crippen molar-refractivity contribution in [2.45, 2.75) is 13.8 Å². The molecule has 0 saturated heterocycles. The first-order chi connectivity index (χ1) is 19.3. The summed E-state index contributed by atoms with van der Waals surface area (Å²) >= 11 is 6.01. The van der Waals surface area contributed by atoms with E-state index in [0.717, 1.165) is 0 Å². The van der Waals surface area contributed by atoms with Crippen molar-refractivity contribution < 1.29 is 19.1 Å². The Morgan fingerprint density at radius 1 is 1.05 bits per heavy atom. The smallest absolute Gasteiger partial charge is 0.360 e. The third kappa shape index (κ3) is 6.70. The first-order valence-corrected chi connectivity index (χ1v) is 12.5. The number of aromatic nitrogens is 4. The van der Waals surface area contributed by atoms with Crippen molar-refractivity contribution in [1.82, 2.24) is 25.3 Å². The van der Waals surface area contributed by atoms with Gasteiger partial charge in [0.25, 0.3) is 5.91 Å². The maximum Gasteiger partial charge on any atom is 0.360 e. The number of hydrogen-bond acceptors (Lipinski definition) is 9. The minimum atomic E-state index is -0.568. The Labute approximate surface area is 234 Å². The van der Waals surface area contributed by atoms with E-state index in [2.05, 4.69) is 31.2 Å². The molecule has 0 spiro atoms. The van der Waals surface area contributed by atoms with Gasteiger partial charge in [-0.2, -0.15) is 0 Å². The van der Waals surface area contributed by atoms with Gasteiger partial charge in [-0.05, 0) is 62.4 Å². The van der Waals surface area contributed by atoms with Crippen LogP contribution in [0.1, 0.15) is 34.7 Å². The zero-order valence-electron chi connectivity index (χ0n) is 21.6. The number of rotatable bonds is 9. The fourth-order valence-electron chi connectivity index (χ4n) is 3.53. The Bertz CT molecular complexity index is 1510. The summed E-state index contributed by atoms with van der Waals surface area (Å²) in [6.07, 6.45) is 2.77. The molecule has 0 aliphatic heterocycles. The number of nitrogens with one attached hydrogen (secondary N) is 3. The number of benzene rings is 2. The van der Waals surface area contributed by atoms with Gasteiger partial charge in [0.15, 0.2) is 5.69 Å². The van der Waals surface area contributed by atoms with E-state index in [4.69, 9.17) is 22.2 Å². The summed E-state index contributed by atoms with van der Waals surface area (Å²) in [5.74, 6) is 5.53. The molecular formula is C26H26ClN9O4. The van der Waals surface area contributed by atoms with Crippen molar-refractivity contribution in [3.05, 3.63) is 83.3 Å². The summed E-state index contributed by atoms with van der Waals surface area (Å²) in [6.45, 7) is 4.14. The summed E-state index contributed by atoms with van der Waals surface area (Å²) in [5.41, 5.74) is 2.15. The summed E-state index contributed by atoms with van der Waals surface area (Å²) in [5, 5.41) is 17.6. The highest BCUT2D eigenvalue weighted by Gasteiger charge is 2.19. The van der Waals surface area contributed by atoms with Crippen molar-refractivity contribution in [3.63, 3.8) is 0 Å². The number of carbonyl (C=O) groups excluding carboxylic acids is 3. The minimum Gasteiger partial charge on any atom is -0.461 e. The number of hydrazine groups is 1. The second kappa shape index (κ2) is 12.7. The topological polar surface area (TPSA) is 169 Å². The number of pyridine rings is 1. The number of nitrogens with zero attached hydrogens (tertiary/aromatic N) is 5. The number of hydrogen-bond donors (Lipinski definition) is 4. The van der Waals surface area contributed by atoms with E-state index in [1.165, 1.54) is 28.2 Å². The van der Waals surface area contributed by atoms with Gasteiger partial charge in [-0.25, -0.2) is 25.1 Å². The largest absolute Gasteiger partial charge is 0.461 e. The normalized spacial score (nSPS) is 10.5.